The Morgan fingerprint density at radius 1 is 0.761 bits per heavy atom. The molecule has 2 aliphatic carbocycles. The number of aldehydes is 1. The van der Waals surface area contributed by atoms with Crippen LogP contribution in [0.2, 0.25) is 20.1 Å². The summed E-state index contributed by atoms with van der Waals surface area (Å²) in [4.78, 5) is 39.0. The Morgan fingerprint density at radius 3 is 1.50 bits per heavy atom. The topological polar surface area (TPSA) is 96.4 Å². The van der Waals surface area contributed by atoms with Gasteiger partial charge in [-0.05, 0) is 108 Å². The molecule has 0 saturated heterocycles. The van der Waals surface area contributed by atoms with Gasteiger partial charge in [-0.15, -0.1) is 0 Å². The maximum absolute atomic E-state index is 12.4. The molecule has 0 spiro atoms. The highest BCUT2D eigenvalue weighted by molar-refractivity contribution is 6.43. The van der Waals surface area contributed by atoms with E-state index in [-0.39, 0.29) is 37.3 Å². The predicted molar refractivity (Wildman–Crippen MR) is 183 cm³/mol. The van der Waals surface area contributed by atoms with Crippen LogP contribution in [-0.2, 0) is 40.2 Å². The second-order valence-electron chi connectivity index (χ2n) is 13.6. The normalized spacial score (nSPS) is 14.6. The minimum atomic E-state index is -0.551. The van der Waals surface area contributed by atoms with Crippen molar-refractivity contribution in [3.05, 3.63) is 66.6 Å². The number of aliphatic hydroxyl groups is 1. The summed E-state index contributed by atoms with van der Waals surface area (Å²) in [5.41, 5.74) is 2.10. The zero-order valence-electron chi connectivity index (χ0n) is 27.3. The van der Waals surface area contributed by atoms with Crippen molar-refractivity contribution in [2.75, 3.05) is 6.61 Å². The van der Waals surface area contributed by atoms with E-state index in [9.17, 15) is 14.4 Å². The summed E-state index contributed by atoms with van der Waals surface area (Å²) < 4.78 is 11.0. The summed E-state index contributed by atoms with van der Waals surface area (Å²) >= 11 is 24.9. The van der Waals surface area contributed by atoms with Crippen molar-refractivity contribution in [3.8, 4) is 0 Å². The zero-order chi connectivity index (χ0) is 34.4. The predicted octanol–water partition coefficient (Wildman–Crippen LogP) is 9.06. The minimum absolute atomic E-state index is 0.0375. The van der Waals surface area contributed by atoms with Gasteiger partial charge in [0.15, 0.2) is 0 Å². The van der Waals surface area contributed by atoms with E-state index in [0.29, 0.717) is 39.6 Å². The first-order valence-corrected chi connectivity index (χ1v) is 16.9. The molecule has 46 heavy (non-hydrogen) atoms. The first-order chi connectivity index (χ1) is 21.4. The van der Waals surface area contributed by atoms with Crippen molar-refractivity contribution in [2.24, 2.45) is 0 Å². The number of carbonyl (C=O) groups excluding carboxylic acids is 3. The van der Waals surface area contributed by atoms with Crippen LogP contribution in [0.4, 0.5) is 9.59 Å². The molecule has 12 heteroatoms. The fourth-order valence-electron chi connectivity index (χ4n) is 4.60. The van der Waals surface area contributed by atoms with E-state index in [1.165, 1.54) is 0 Å². The molecule has 2 aromatic carbocycles. The highest BCUT2D eigenvalue weighted by Gasteiger charge is 2.37. The number of rotatable bonds is 10. The molecule has 0 aliphatic heterocycles. The zero-order valence-corrected chi connectivity index (χ0v) is 30.3. The highest BCUT2D eigenvalue weighted by atomic mass is 35.5. The summed E-state index contributed by atoms with van der Waals surface area (Å²) in [5.74, 6) is 0. The third-order valence-electron chi connectivity index (χ3n) is 6.96. The van der Waals surface area contributed by atoms with Gasteiger partial charge in [-0.1, -0.05) is 58.5 Å². The van der Waals surface area contributed by atoms with Gasteiger partial charge in [0.25, 0.3) is 0 Å². The van der Waals surface area contributed by atoms with Crippen molar-refractivity contribution in [2.45, 2.75) is 116 Å². The Morgan fingerprint density at radius 2 is 1.15 bits per heavy atom. The summed E-state index contributed by atoms with van der Waals surface area (Å²) in [5, 5.41) is 10.8. The molecule has 2 aliphatic rings. The van der Waals surface area contributed by atoms with Crippen LogP contribution in [0.1, 0.15) is 89.5 Å². The Kier molecular flexibility index (Phi) is 13.5. The van der Waals surface area contributed by atoms with Gasteiger partial charge in [-0.2, -0.15) is 0 Å². The van der Waals surface area contributed by atoms with Gasteiger partial charge in [0.1, 0.15) is 17.5 Å². The fraction of sp³-hybridized carbons (Fsp3) is 0.559. The highest BCUT2D eigenvalue weighted by Crippen LogP contribution is 2.35. The number of aliphatic hydroxyl groups excluding tert-OH is 1. The average Bonchev–Trinajstić information content (AvgIpc) is 3.84. The molecule has 2 fully saturated rings. The molecule has 4 rings (SSSR count). The molecule has 0 aromatic heterocycles. The summed E-state index contributed by atoms with van der Waals surface area (Å²) in [6.45, 7) is 11.8. The number of hydrogen-bond acceptors (Lipinski definition) is 6. The molecular weight excluding hydrogens is 674 g/mol. The fourth-order valence-corrected chi connectivity index (χ4v) is 5.46. The Hall–Kier alpha value is -2.23. The summed E-state index contributed by atoms with van der Waals surface area (Å²) in [6.07, 6.45) is 4.75. The summed E-state index contributed by atoms with van der Waals surface area (Å²) in [7, 11) is 0. The number of halogens is 4. The first-order valence-electron chi connectivity index (χ1n) is 15.4. The van der Waals surface area contributed by atoms with Crippen LogP contribution in [0.25, 0.3) is 0 Å². The number of nitrogens with zero attached hydrogens (tertiary/aromatic N) is 2. The smallest absolute Gasteiger partial charge is 0.410 e. The molecule has 2 saturated carbocycles. The van der Waals surface area contributed by atoms with Crippen molar-refractivity contribution in [3.63, 3.8) is 0 Å². The van der Waals surface area contributed by atoms with Crippen LogP contribution in [-0.4, -0.2) is 63.3 Å². The van der Waals surface area contributed by atoms with E-state index >= 15 is 0 Å². The molecule has 2 aromatic rings. The van der Waals surface area contributed by atoms with Gasteiger partial charge < -0.3 is 29.2 Å². The monoisotopic (exact) mass is 716 g/mol. The Bertz CT molecular complexity index is 1400. The lowest BCUT2D eigenvalue weighted by atomic mass is 10.1. The molecule has 0 bridgehead atoms. The van der Waals surface area contributed by atoms with Crippen LogP contribution >= 0.6 is 46.4 Å². The van der Waals surface area contributed by atoms with Gasteiger partial charge in [-0.3, -0.25) is 0 Å². The third-order valence-corrected chi connectivity index (χ3v) is 8.64. The number of hydrogen-bond donors (Lipinski definition) is 1. The van der Waals surface area contributed by atoms with Crippen molar-refractivity contribution in [1.82, 2.24) is 9.80 Å². The van der Waals surface area contributed by atoms with Crippen molar-refractivity contribution in [1.29, 1.82) is 0 Å². The van der Waals surface area contributed by atoms with Gasteiger partial charge in [0.2, 0.25) is 0 Å². The standard InChI is InChI=1S/C17H23Cl2NO3.C17H21Cl2NO3/c2*1-17(2,3)23-16(22)20(13-4-5-13)10-12-8-11(6-7-21)9-14(18)15(12)19/h8-9,13,21H,4-7,10H2,1-3H3;7-9,13H,4-6,10H2,1-3H3. The van der Waals surface area contributed by atoms with Crippen LogP contribution in [0.15, 0.2) is 24.3 Å². The molecular formula is C34H44Cl4N2O6. The van der Waals surface area contributed by atoms with Gasteiger partial charge in [0.05, 0.1) is 33.2 Å². The molecule has 0 heterocycles. The van der Waals surface area contributed by atoms with E-state index in [4.69, 9.17) is 61.0 Å². The van der Waals surface area contributed by atoms with Crippen molar-refractivity contribution < 1.29 is 29.0 Å². The Labute approximate surface area is 292 Å². The van der Waals surface area contributed by atoms with Gasteiger partial charge in [-0.25, -0.2) is 9.59 Å². The lowest BCUT2D eigenvalue weighted by Gasteiger charge is -2.28. The number of benzene rings is 2. The average molecular weight is 719 g/mol. The molecule has 254 valence electrons. The maximum Gasteiger partial charge on any atom is 0.410 e. The molecule has 0 radical (unpaired) electrons. The van der Waals surface area contributed by atoms with E-state index in [0.717, 1.165) is 54.2 Å². The van der Waals surface area contributed by atoms with E-state index in [2.05, 4.69) is 0 Å². The van der Waals surface area contributed by atoms with Crippen LogP contribution in [0.5, 0.6) is 0 Å². The molecule has 2 amide bonds. The Balaban J connectivity index is 0.000000250. The first kappa shape index (κ1) is 38.2. The van der Waals surface area contributed by atoms with Crippen LogP contribution in [0.3, 0.4) is 0 Å². The molecule has 0 atom stereocenters. The van der Waals surface area contributed by atoms with Crippen LogP contribution in [0, 0.1) is 0 Å². The van der Waals surface area contributed by atoms with E-state index in [1.807, 2.05) is 53.7 Å². The lowest BCUT2D eigenvalue weighted by molar-refractivity contribution is -0.107. The second-order valence-corrected chi connectivity index (χ2v) is 15.2. The van der Waals surface area contributed by atoms with E-state index in [1.54, 1.807) is 21.9 Å². The van der Waals surface area contributed by atoms with Crippen LogP contribution < -0.4 is 0 Å². The maximum atomic E-state index is 12.4. The number of ether oxygens (including phenoxy) is 2. The molecule has 8 nitrogen and oxygen atoms in total. The largest absolute Gasteiger partial charge is 0.444 e. The third kappa shape index (κ3) is 12.1. The molecule has 1 N–H and O–H groups in total. The number of carbonyl (C=O) groups is 3. The number of amides is 2. The summed E-state index contributed by atoms with van der Waals surface area (Å²) in [6, 6.07) is 7.51. The second kappa shape index (κ2) is 16.2. The molecule has 0 unspecified atom stereocenters. The van der Waals surface area contributed by atoms with Gasteiger partial charge >= 0.3 is 12.2 Å². The minimum Gasteiger partial charge on any atom is -0.444 e. The SMILES string of the molecule is CC(C)(C)OC(=O)N(Cc1cc(CC=O)cc(Cl)c1Cl)C1CC1.CC(C)(C)OC(=O)N(Cc1cc(CCO)cc(Cl)c1Cl)C1CC1. The van der Waals surface area contributed by atoms with Crippen molar-refractivity contribution >= 4 is 64.9 Å². The van der Waals surface area contributed by atoms with Gasteiger partial charge in [0, 0.05) is 25.1 Å². The quantitative estimate of drug-likeness (QED) is 0.247. The van der Waals surface area contributed by atoms with E-state index < -0.39 is 11.2 Å². The lowest BCUT2D eigenvalue weighted by Crippen LogP contribution is -2.37.